The minimum Gasteiger partial charge on any atom is -0.307 e. The zero-order chi connectivity index (χ0) is 15.1. The first-order chi connectivity index (χ1) is 10.0. The zero-order valence-corrected chi connectivity index (χ0v) is 11.7. The third kappa shape index (κ3) is 1.97. The van der Waals surface area contributed by atoms with Crippen molar-refractivity contribution in [3.63, 3.8) is 0 Å². The van der Waals surface area contributed by atoms with E-state index < -0.39 is 24.0 Å². The van der Waals surface area contributed by atoms with Crippen LogP contribution in [0.5, 0.6) is 0 Å². The molecule has 1 unspecified atom stereocenters. The highest BCUT2D eigenvalue weighted by Gasteiger charge is 2.49. The van der Waals surface area contributed by atoms with Crippen molar-refractivity contribution >= 4 is 23.8 Å². The molecule has 1 atom stereocenters. The molecule has 7 nitrogen and oxygen atoms in total. The fourth-order valence-corrected chi connectivity index (χ4v) is 2.48. The van der Waals surface area contributed by atoms with Gasteiger partial charge < -0.3 is 4.90 Å². The van der Waals surface area contributed by atoms with E-state index in [0.29, 0.717) is 0 Å². The van der Waals surface area contributed by atoms with Crippen molar-refractivity contribution in [2.45, 2.75) is 12.6 Å². The van der Waals surface area contributed by atoms with Gasteiger partial charge in [-0.3, -0.25) is 14.6 Å². The van der Waals surface area contributed by atoms with Crippen molar-refractivity contribution in [2.75, 3.05) is 14.1 Å². The third-order valence-electron chi connectivity index (χ3n) is 3.69. The van der Waals surface area contributed by atoms with Crippen molar-refractivity contribution in [2.24, 2.45) is 4.99 Å². The van der Waals surface area contributed by atoms with Gasteiger partial charge in [-0.05, 0) is 5.56 Å². The number of carbonyl (C=O) groups excluding carboxylic acids is 3. The van der Waals surface area contributed by atoms with Gasteiger partial charge in [-0.1, -0.05) is 30.3 Å². The molecule has 0 spiro atoms. The molecule has 2 aliphatic heterocycles. The van der Waals surface area contributed by atoms with Crippen LogP contribution in [-0.4, -0.2) is 58.6 Å². The molecule has 0 saturated carbocycles. The van der Waals surface area contributed by atoms with Crippen LogP contribution in [0.1, 0.15) is 5.56 Å². The molecular weight excluding hydrogens is 272 g/mol. The van der Waals surface area contributed by atoms with Crippen LogP contribution in [0.2, 0.25) is 0 Å². The molecule has 1 saturated heterocycles. The summed E-state index contributed by atoms with van der Waals surface area (Å²) < 4.78 is 0. The number of imide groups is 1. The van der Waals surface area contributed by atoms with Gasteiger partial charge in [0.15, 0.2) is 11.9 Å². The summed E-state index contributed by atoms with van der Waals surface area (Å²) in [6, 6.07) is 7.56. The van der Waals surface area contributed by atoms with Crippen LogP contribution < -0.4 is 0 Å². The summed E-state index contributed by atoms with van der Waals surface area (Å²) in [5, 5.41) is 0. The Labute approximate surface area is 121 Å². The Hall–Kier alpha value is -2.70. The van der Waals surface area contributed by atoms with E-state index in [-0.39, 0.29) is 12.4 Å². The van der Waals surface area contributed by atoms with Crippen molar-refractivity contribution in [3.8, 4) is 0 Å². The summed E-state index contributed by atoms with van der Waals surface area (Å²) in [5.74, 6) is -0.226. The van der Waals surface area contributed by atoms with Crippen molar-refractivity contribution in [1.82, 2.24) is 14.7 Å². The topological polar surface area (TPSA) is 73.3 Å². The van der Waals surface area contributed by atoms with E-state index in [1.54, 1.807) is 0 Å². The Kier molecular flexibility index (Phi) is 2.97. The van der Waals surface area contributed by atoms with Gasteiger partial charge in [-0.2, -0.15) is 4.99 Å². The molecule has 2 heterocycles. The Morgan fingerprint density at radius 2 is 1.76 bits per heavy atom. The Balaban J connectivity index is 1.98. The fourth-order valence-electron chi connectivity index (χ4n) is 2.48. The molecule has 108 valence electrons. The van der Waals surface area contributed by atoms with Crippen LogP contribution in [0.4, 0.5) is 9.59 Å². The van der Waals surface area contributed by atoms with Crippen LogP contribution in [0.15, 0.2) is 35.3 Å². The molecule has 0 N–H and O–H groups in total. The number of fused-ring (bicyclic) bond motifs is 1. The molecule has 5 amide bonds. The lowest BCUT2D eigenvalue weighted by Crippen LogP contribution is -2.62. The maximum atomic E-state index is 12.3. The number of hydrogen-bond donors (Lipinski definition) is 0. The van der Waals surface area contributed by atoms with E-state index in [1.165, 1.54) is 23.9 Å². The molecule has 1 aromatic carbocycles. The van der Waals surface area contributed by atoms with Crippen LogP contribution in [0.25, 0.3) is 0 Å². The van der Waals surface area contributed by atoms with E-state index in [1.807, 2.05) is 30.3 Å². The van der Waals surface area contributed by atoms with E-state index >= 15 is 0 Å². The quantitative estimate of drug-likeness (QED) is 0.811. The van der Waals surface area contributed by atoms with Crippen molar-refractivity contribution < 1.29 is 14.4 Å². The van der Waals surface area contributed by atoms with E-state index in [9.17, 15) is 14.4 Å². The highest BCUT2D eigenvalue weighted by molar-refractivity contribution is 6.25. The summed E-state index contributed by atoms with van der Waals surface area (Å²) in [7, 11) is 2.92. The molecule has 2 aliphatic rings. The largest absolute Gasteiger partial charge is 0.346 e. The molecule has 0 aliphatic carbocycles. The van der Waals surface area contributed by atoms with Gasteiger partial charge in [0, 0.05) is 14.1 Å². The first-order valence-electron chi connectivity index (χ1n) is 6.49. The Bertz CT molecular complexity index is 655. The number of amides is 5. The van der Waals surface area contributed by atoms with Crippen LogP contribution >= 0.6 is 0 Å². The van der Waals surface area contributed by atoms with Crippen molar-refractivity contribution in [3.05, 3.63) is 35.9 Å². The van der Waals surface area contributed by atoms with Gasteiger partial charge in [0.1, 0.15) is 0 Å². The lowest BCUT2D eigenvalue weighted by atomic mass is 10.1. The SMILES string of the molecule is CN1C(=O)C2C(=NC(=O)N2C)N(Cc2ccccc2)C1=O. The molecular formula is C14H14N4O3. The number of likely N-dealkylation sites (N-methyl/N-ethyl adjacent to an activating group) is 2. The highest BCUT2D eigenvalue weighted by atomic mass is 16.2. The lowest BCUT2D eigenvalue weighted by molar-refractivity contribution is -0.130. The van der Waals surface area contributed by atoms with Crippen LogP contribution in [0.3, 0.4) is 0 Å². The minimum absolute atomic E-state index is 0.208. The third-order valence-corrected chi connectivity index (χ3v) is 3.69. The average molecular weight is 286 g/mol. The average Bonchev–Trinajstić information content (AvgIpc) is 2.78. The zero-order valence-electron chi connectivity index (χ0n) is 11.7. The number of nitrogens with zero attached hydrogens (tertiary/aromatic N) is 4. The molecule has 0 aromatic heterocycles. The molecule has 1 fully saturated rings. The Morgan fingerprint density at radius 3 is 2.43 bits per heavy atom. The van der Waals surface area contributed by atoms with E-state index in [4.69, 9.17) is 0 Å². The molecule has 3 rings (SSSR count). The van der Waals surface area contributed by atoms with Gasteiger partial charge in [0.25, 0.3) is 5.91 Å². The van der Waals surface area contributed by atoms with Crippen LogP contribution in [0, 0.1) is 0 Å². The predicted octanol–water partition coefficient (Wildman–Crippen LogP) is 0.913. The summed E-state index contributed by atoms with van der Waals surface area (Å²) in [6.45, 7) is 0.272. The smallest absolute Gasteiger partial charge is 0.307 e. The van der Waals surface area contributed by atoms with E-state index in [2.05, 4.69) is 4.99 Å². The molecule has 1 aromatic rings. The number of rotatable bonds is 2. The molecule has 7 heteroatoms. The molecule has 0 radical (unpaired) electrons. The monoisotopic (exact) mass is 286 g/mol. The second kappa shape index (κ2) is 4.69. The van der Waals surface area contributed by atoms with Crippen molar-refractivity contribution in [1.29, 1.82) is 0 Å². The summed E-state index contributed by atoms with van der Waals surface area (Å²) in [4.78, 5) is 43.7. The summed E-state index contributed by atoms with van der Waals surface area (Å²) in [6.07, 6.45) is 0. The summed E-state index contributed by atoms with van der Waals surface area (Å²) in [5.41, 5.74) is 0.900. The first kappa shape index (κ1) is 13.3. The van der Waals surface area contributed by atoms with Crippen LogP contribution in [-0.2, 0) is 11.3 Å². The van der Waals surface area contributed by atoms with Gasteiger partial charge in [0.05, 0.1) is 6.54 Å². The number of urea groups is 2. The number of aliphatic imine (C=N–C) groups is 1. The fraction of sp³-hybridized carbons (Fsp3) is 0.286. The van der Waals surface area contributed by atoms with E-state index in [0.717, 1.165) is 10.5 Å². The molecule has 21 heavy (non-hydrogen) atoms. The lowest BCUT2D eigenvalue weighted by Gasteiger charge is -2.36. The maximum absolute atomic E-state index is 12.3. The van der Waals surface area contributed by atoms with Gasteiger partial charge in [0.2, 0.25) is 0 Å². The first-order valence-corrected chi connectivity index (χ1v) is 6.49. The second-order valence-corrected chi connectivity index (χ2v) is 5.02. The number of amidine groups is 1. The molecule has 0 bridgehead atoms. The minimum atomic E-state index is -0.816. The second-order valence-electron chi connectivity index (χ2n) is 5.02. The summed E-state index contributed by atoms with van der Waals surface area (Å²) >= 11 is 0. The standard InChI is InChI=1S/C14H14N4O3/c1-16-10-11(15-13(16)20)18(14(21)17(2)12(10)19)8-9-6-4-3-5-7-9/h3-7,10H,8H2,1-2H3. The maximum Gasteiger partial charge on any atom is 0.346 e. The highest BCUT2D eigenvalue weighted by Crippen LogP contribution is 2.23. The number of carbonyl (C=O) groups is 3. The normalized spacial score (nSPS) is 21.8. The van der Waals surface area contributed by atoms with Gasteiger partial charge >= 0.3 is 12.1 Å². The Morgan fingerprint density at radius 1 is 1.10 bits per heavy atom. The number of benzene rings is 1. The number of hydrogen-bond acceptors (Lipinski definition) is 3. The predicted molar refractivity (Wildman–Crippen MR) is 74.5 cm³/mol. The van der Waals surface area contributed by atoms with Gasteiger partial charge in [-0.15, -0.1) is 0 Å². The van der Waals surface area contributed by atoms with Gasteiger partial charge in [-0.25, -0.2) is 9.59 Å².